The Hall–Kier alpha value is -3.10. The fourth-order valence-corrected chi connectivity index (χ4v) is 4.36. The van der Waals surface area contributed by atoms with Gasteiger partial charge in [-0.15, -0.1) is 0 Å². The summed E-state index contributed by atoms with van der Waals surface area (Å²) in [5.41, 5.74) is -0.413. The van der Waals surface area contributed by atoms with Gasteiger partial charge in [-0.2, -0.15) is 13.2 Å². The molecule has 0 N–H and O–H groups in total. The van der Waals surface area contributed by atoms with Crippen LogP contribution in [-0.4, -0.2) is 49.6 Å². The lowest BCUT2D eigenvalue weighted by Crippen LogP contribution is -2.50. The standard InChI is InChI=1S/C24H24F4N2O3/c25-19-7-5-17(6-8-19)23(9-2-10-23)22(32)33-16-21(31)30-13-11-29(12-14-30)20-4-1-3-18(15-20)24(26,27)28/h1,3-8,15H,2,9-14,16H2. The number of hydrogen-bond donors (Lipinski definition) is 0. The van der Waals surface area contributed by atoms with Gasteiger partial charge >= 0.3 is 12.1 Å². The first-order valence-electron chi connectivity index (χ1n) is 10.8. The molecule has 0 spiro atoms. The van der Waals surface area contributed by atoms with Gasteiger partial charge in [-0.3, -0.25) is 9.59 Å². The number of esters is 1. The minimum atomic E-state index is -4.41. The summed E-state index contributed by atoms with van der Waals surface area (Å²) >= 11 is 0. The van der Waals surface area contributed by atoms with Gasteiger partial charge in [0.15, 0.2) is 6.61 Å². The van der Waals surface area contributed by atoms with Crippen LogP contribution >= 0.6 is 0 Å². The van der Waals surface area contributed by atoms with Crippen molar-refractivity contribution in [2.45, 2.75) is 30.9 Å². The van der Waals surface area contributed by atoms with E-state index >= 15 is 0 Å². The number of hydrogen-bond acceptors (Lipinski definition) is 4. The first-order chi connectivity index (χ1) is 15.7. The van der Waals surface area contributed by atoms with Crippen LogP contribution in [0.25, 0.3) is 0 Å². The van der Waals surface area contributed by atoms with E-state index in [1.54, 1.807) is 28.0 Å². The highest BCUT2D eigenvalue weighted by molar-refractivity contribution is 5.87. The van der Waals surface area contributed by atoms with Gasteiger partial charge in [0.1, 0.15) is 5.82 Å². The molecule has 1 heterocycles. The van der Waals surface area contributed by atoms with Crippen LogP contribution in [0.5, 0.6) is 0 Å². The Kier molecular flexibility index (Phi) is 6.32. The van der Waals surface area contributed by atoms with Crippen LogP contribution in [-0.2, 0) is 25.9 Å². The molecule has 5 nitrogen and oxygen atoms in total. The highest BCUT2D eigenvalue weighted by Crippen LogP contribution is 2.44. The van der Waals surface area contributed by atoms with E-state index in [0.29, 0.717) is 50.3 Å². The van der Waals surface area contributed by atoms with E-state index in [2.05, 4.69) is 0 Å². The third-order valence-electron chi connectivity index (χ3n) is 6.49. The largest absolute Gasteiger partial charge is 0.455 e. The number of carbonyl (C=O) groups excluding carboxylic acids is 2. The number of benzene rings is 2. The number of ether oxygens (including phenoxy) is 1. The zero-order chi connectivity index (χ0) is 23.6. The van der Waals surface area contributed by atoms with E-state index in [9.17, 15) is 27.2 Å². The summed E-state index contributed by atoms with van der Waals surface area (Å²) in [6.07, 6.45) is -2.40. The molecule has 1 saturated carbocycles. The lowest BCUT2D eigenvalue weighted by atomic mass is 9.64. The maximum absolute atomic E-state index is 13.2. The molecule has 1 amide bonds. The lowest BCUT2D eigenvalue weighted by Gasteiger charge is -2.40. The molecule has 176 valence electrons. The Labute approximate surface area is 188 Å². The fraction of sp³-hybridized carbons (Fsp3) is 0.417. The number of amides is 1. The third kappa shape index (κ3) is 4.82. The molecule has 1 aliphatic carbocycles. The van der Waals surface area contributed by atoms with Gasteiger partial charge in [-0.1, -0.05) is 24.6 Å². The van der Waals surface area contributed by atoms with Crippen molar-refractivity contribution >= 4 is 17.6 Å². The van der Waals surface area contributed by atoms with Crippen LogP contribution in [0.1, 0.15) is 30.4 Å². The number of halogens is 4. The summed E-state index contributed by atoms with van der Waals surface area (Å²) in [6.45, 7) is 0.984. The fourth-order valence-electron chi connectivity index (χ4n) is 4.36. The van der Waals surface area contributed by atoms with Gasteiger partial charge in [0.05, 0.1) is 11.0 Å². The van der Waals surface area contributed by atoms with Gasteiger partial charge in [0.2, 0.25) is 0 Å². The molecule has 0 aromatic heterocycles. The molecule has 2 aromatic carbocycles. The van der Waals surface area contributed by atoms with Crippen molar-refractivity contribution in [3.63, 3.8) is 0 Å². The van der Waals surface area contributed by atoms with E-state index in [0.717, 1.165) is 18.6 Å². The van der Waals surface area contributed by atoms with Gasteiger partial charge in [-0.05, 0) is 48.7 Å². The average molecular weight is 464 g/mol. The van der Waals surface area contributed by atoms with Crippen molar-refractivity contribution in [1.29, 1.82) is 0 Å². The van der Waals surface area contributed by atoms with Crippen LogP contribution in [0.2, 0.25) is 0 Å². The number of anilines is 1. The molecule has 2 aliphatic rings. The molecule has 2 aromatic rings. The molecular formula is C24H24F4N2O3. The van der Waals surface area contributed by atoms with Gasteiger partial charge in [0.25, 0.3) is 5.91 Å². The molecule has 0 radical (unpaired) electrons. The summed E-state index contributed by atoms with van der Waals surface area (Å²) < 4.78 is 57.5. The van der Waals surface area contributed by atoms with Gasteiger partial charge < -0.3 is 14.5 Å². The third-order valence-corrected chi connectivity index (χ3v) is 6.49. The number of rotatable bonds is 5. The second-order valence-electron chi connectivity index (χ2n) is 8.43. The Bertz CT molecular complexity index is 1010. The number of carbonyl (C=O) groups is 2. The molecule has 0 bridgehead atoms. The van der Waals surface area contributed by atoms with Crippen LogP contribution in [0.4, 0.5) is 23.2 Å². The number of piperazine rings is 1. The molecule has 0 unspecified atom stereocenters. The number of alkyl halides is 3. The maximum atomic E-state index is 13.2. The van der Waals surface area contributed by atoms with Crippen molar-refractivity contribution in [2.75, 3.05) is 37.7 Å². The van der Waals surface area contributed by atoms with Crippen LogP contribution < -0.4 is 4.90 Å². The van der Waals surface area contributed by atoms with E-state index in [4.69, 9.17) is 4.74 Å². The summed E-state index contributed by atoms with van der Waals surface area (Å²) in [4.78, 5) is 28.7. The summed E-state index contributed by atoms with van der Waals surface area (Å²) in [5, 5.41) is 0. The van der Waals surface area contributed by atoms with E-state index in [-0.39, 0.29) is 11.7 Å². The highest BCUT2D eigenvalue weighted by atomic mass is 19.4. The number of nitrogens with zero attached hydrogens (tertiary/aromatic N) is 2. The van der Waals surface area contributed by atoms with Crippen LogP contribution in [0.15, 0.2) is 48.5 Å². The smallest absolute Gasteiger partial charge is 0.416 e. The zero-order valence-electron chi connectivity index (χ0n) is 17.9. The normalized spacial score (nSPS) is 17.9. The van der Waals surface area contributed by atoms with Crippen molar-refractivity contribution in [3.05, 3.63) is 65.5 Å². The lowest BCUT2D eigenvalue weighted by molar-refractivity contribution is -0.160. The van der Waals surface area contributed by atoms with E-state index in [1.807, 2.05) is 0 Å². The quantitative estimate of drug-likeness (QED) is 0.493. The SMILES string of the molecule is O=C(COC(=O)C1(c2ccc(F)cc2)CCC1)N1CCN(c2cccc(C(F)(F)F)c2)CC1. The van der Waals surface area contributed by atoms with Crippen molar-refractivity contribution in [2.24, 2.45) is 0 Å². The monoisotopic (exact) mass is 464 g/mol. The van der Waals surface area contributed by atoms with Gasteiger partial charge in [-0.25, -0.2) is 4.39 Å². The first-order valence-corrected chi connectivity index (χ1v) is 10.8. The van der Waals surface area contributed by atoms with Gasteiger partial charge in [0, 0.05) is 31.9 Å². The average Bonchev–Trinajstić information content (AvgIpc) is 2.77. The molecule has 9 heteroatoms. The molecular weight excluding hydrogens is 440 g/mol. The molecule has 2 fully saturated rings. The Morgan fingerprint density at radius 3 is 2.21 bits per heavy atom. The molecule has 1 saturated heterocycles. The second kappa shape index (κ2) is 9.03. The molecule has 4 rings (SSSR count). The Morgan fingerprint density at radius 2 is 1.64 bits per heavy atom. The first kappa shape index (κ1) is 23.1. The maximum Gasteiger partial charge on any atom is 0.416 e. The summed E-state index contributed by atoms with van der Waals surface area (Å²) in [5.74, 6) is -1.22. The molecule has 1 aliphatic heterocycles. The highest BCUT2D eigenvalue weighted by Gasteiger charge is 2.47. The summed E-state index contributed by atoms with van der Waals surface area (Å²) in [7, 11) is 0. The van der Waals surface area contributed by atoms with E-state index < -0.39 is 29.7 Å². The molecule has 0 atom stereocenters. The summed E-state index contributed by atoms with van der Waals surface area (Å²) in [6, 6.07) is 10.9. The van der Waals surface area contributed by atoms with E-state index in [1.165, 1.54) is 18.2 Å². The van der Waals surface area contributed by atoms with Crippen molar-refractivity contribution in [3.8, 4) is 0 Å². The van der Waals surface area contributed by atoms with Crippen molar-refractivity contribution < 1.29 is 31.9 Å². The second-order valence-corrected chi connectivity index (χ2v) is 8.43. The van der Waals surface area contributed by atoms with Crippen molar-refractivity contribution in [1.82, 2.24) is 4.90 Å². The predicted molar refractivity (Wildman–Crippen MR) is 113 cm³/mol. The molecule has 33 heavy (non-hydrogen) atoms. The Morgan fingerprint density at radius 1 is 0.970 bits per heavy atom. The van der Waals surface area contributed by atoms with Crippen LogP contribution in [0.3, 0.4) is 0 Å². The Balaban J connectivity index is 1.31. The topological polar surface area (TPSA) is 49.9 Å². The zero-order valence-corrected chi connectivity index (χ0v) is 17.9. The van der Waals surface area contributed by atoms with Crippen LogP contribution in [0, 0.1) is 5.82 Å². The minimum absolute atomic E-state index is 0.315. The predicted octanol–water partition coefficient (Wildman–Crippen LogP) is 4.16. The minimum Gasteiger partial charge on any atom is -0.455 e.